The molecule has 1 N–H and O–H groups in total. The van der Waals surface area contributed by atoms with Crippen LogP contribution in [0.1, 0.15) is 43.1 Å². The Labute approximate surface area is 115 Å². The van der Waals surface area contributed by atoms with Crippen LogP contribution < -0.4 is 5.32 Å². The highest BCUT2D eigenvalue weighted by Crippen LogP contribution is 2.18. The van der Waals surface area contributed by atoms with Crippen LogP contribution in [-0.2, 0) is 4.74 Å². The number of carbonyl (C=O) groups is 2. The summed E-state index contributed by atoms with van der Waals surface area (Å²) in [4.78, 5) is 26.7. The molecule has 1 aromatic rings. The third-order valence-electron chi connectivity index (χ3n) is 2.13. The minimum absolute atomic E-state index is 0.0128. The second-order valence-electron chi connectivity index (χ2n) is 5.09. The summed E-state index contributed by atoms with van der Waals surface area (Å²) in [5.74, 6) is -0.522. The lowest BCUT2D eigenvalue weighted by Crippen LogP contribution is -2.35. The Morgan fingerprint density at radius 2 is 2.00 bits per heavy atom. The first-order chi connectivity index (χ1) is 9.19. The van der Waals surface area contributed by atoms with Gasteiger partial charge in [0.15, 0.2) is 5.78 Å². The molecule has 0 bridgehead atoms. The molecule has 0 fully saturated rings. The lowest BCUT2D eigenvalue weighted by molar-refractivity contribution is 0.0520. The van der Waals surface area contributed by atoms with Gasteiger partial charge in [0.2, 0.25) is 0 Å². The van der Waals surface area contributed by atoms with Gasteiger partial charge in [0.1, 0.15) is 5.60 Å². The van der Waals surface area contributed by atoms with Gasteiger partial charge in [-0.1, -0.05) is 0 Å². The van der Waals surface area contributed by atoms with Crippen molar-refractivity contribution >= 4 is 11.9 Å². The summed E-state index contributed by atoms with van der Waals surface area (Å²) in [6.45, 7) is 4.71. The van der Waals surface area contributed by atoms with Gasteiger partial charge in [-0.3, -0.25) is 9.78 Å². The Morgan fingerprint density at radius 1 is 1.35 bits per heavy atom. The van der Waals surface area contributed by atoms with Crippen molar-refractivity contribution in [1.29, 1.82) is 0 Å². The molecule has 1 rings (SSSR count). The number of alkyl halides is 2. The number of hydrogen-bond donors (Lipinski definition) is 1. The van der Waals surface area contributed by atoms with E-state index in [4.69, 9.17) is 4.74 Å². The van der Waals surface area contributed by atoms with Crippen molar-refractivity contribution in [2.24, 2.45) is 0 Å². The molecule has 0 spiro atoms. The van der Waals surface area contributed by atoms with Crippen LogP contribution in [0.25, 0.3) is 0 Å². The molecular formula is C13H16F2N2O3. The van der Waals surface area contributed by atoms with Gasteiger partial charge in [-0.25, -0.2) is 13.6 Å². The van der Waals surface area contributed by atoms with E-state index in [9.17, 15) is 18.4 Å². The van der Waals surface area contributed by atoms with Crippen molar-refractivity contribution in [2.45, 2.75) is 32.8 Å². The Kier molecular flexibility index (Phi) is 5.12. The molecule has 0 atom stereocenters. The average Bonchev–Trinajstić information content (AvgIpc) is 2.34. The van der Waals surface area contributed by atoms with Crippen molar-refractivity contribution in [3.8, 4) is 0 Å². The molecule has 0 aliphatic carbocycles. The van der Waals surface area contributed by atoms with Gasteiger partial charge in [0, 0.05) is 23.5 Å². The number of carbonyl (C=O) groups excluding carboxylic acids is 2. The van der Waals surface area contributed by atoms with Crippen molar-refractivity contribution < 1.29 is 23.1 Å². The number of pyridine rings is 1. The van der Waals surface area contributed by atoms with E-state index in [-0.39, 0.29) is 17.7 Å². The second-order valence-corrected chi connectivity index (χ2v) is 5.09. The fourth-order valence-electron chi connectivity index (χ4n) is 1.30. The van der Waals surface area contributed by atoms with Gasteiger partial charge < -0.3 is 10.1 Å². The monoisotopic (exact) mass is 286 g/mol. The highest BCUT2D eigenvalue weighted by Gasteiger charge is 2.17. The zero-order chi connectivity index (χ0) is 15.3. The van der Waals surface area contributed by atoms with Crippen molar-refractivity contribution in [3.63, 3.8) is 0 Å². The van der Waals surface area contributed by atoms with Crippen LogP contribution in [-0.4, -0.2) is 29.0 Å². The number of rotatable bonds is 4. The molecule has 0 aliphatic heterocycles. The number of Topliss-reactive ketones (excluding diaryl/α,β-unsaturated/α-hetero) is 1. The maximum absolute atomic E-state index is 12.5. The smallest absolute Gasteiger partial charge is 0.408 e. The number of nitrogens with zero attached hydrogens (tertiary/aromatic N) is 1. The standard InChI is InChI=1S/C13H16F2N2O3/c1-13(2,3)20-12(19)17-7-10(18)8-4-9(11(14)15)6-16-5-8/h4-6,11H,7H2,1-3H3,(H,17,19). The molecule has 0 radical (unpaired) electrons. The summed E-state index contributed by atoms with van der Waals surface area (Å²) >= 11 is 0. The molecule has 110 valence electrons. The average molecular weight is 286 g/mol. The van der Waals surface area contributed by atoms with Crippen LogP contribution in [0.5, 0.6) is 0 Å². The number of halogens is 2. The fourth-order valence-corrected chi connectivity index (χ4v) is 1.30. The number of ketones is 1. The minimum Gasteiger partial charge on any atom is -0.444 e. The highest BCUT2D eigenvalue weighted by atomic mass is 19.3. The van der Waals surface area contributed by atoms with Gasteiger partial charge in [0.05, 0.1) is 6.54 Å². The normalized spacial score (nSPS) is 11.3. The van der Waals surface area contributed by atoms with E-state index in [1.54, 1.807) is 20.8 Å². The van der Waals surface area contributed by atoms with E-state index in [1.165, 1.54) is 6.20 Å². The van der Waals surface area contributed by atoms with Crippen LogP contribution in [0.15, 0.2) is 18.5 Å². The quantitative estimate of drug-likeness (QED) is 0.864. The molecule has 20 heavy (non-hydrogen) atoms. The first-order valence-electron chi connectivity index (χ1n) is 5.92. The zero-order valence-electron chi connectivity index (χ0n) is 11.4. The van der Waals surface area contributed by atoms with Crippen LogP contribution in [0.2, 0.25) is 0 Å². The highest BCUT2D eigenvalue weighted by molar-refractivity contribution is 5.98. The van der Waals surface area contributed by atoms with Gasteiger partial charge in [-0.05, 0) is 26.8 Å². The molecule has 1 amide bonds. The van der Waals surface area contributed by atoms with E-state index in [0.29, 0.717) is 0 Å². The van der Waals surface area contributed by atoms with Gasteiger partial charge in [-0.2, -0.15) is 0 Å². The Morgan fingerprint density at radius 3 is 2.55 bits per heavy atom. The van der Waals surface area contributed by atoms with Gasteiger partial charge in [0.25, 0.3) is 6.43 Å². The van der Waals surface area contributed by atoms with Crippen LogP contribution in [0.3, 0.4) is 0 Å². The molecule has 7 heteroatoms. The molecule has 5 nitrogen and oxygen atoms in total. The van der Waals surface area contributed by atoms with Crippen molar-refractivity contribution in [3.05, 3.63) is 29.6 Å². The number of amides is 1. The predicted octanol–water partition coefficient (Wildman–Crippen LogP) is 2.73. The molecule has 0 aliphatic rings. The molecule has 1 aromatic heterocycles. The molecule has 0 unspecified atom stereocenters. The summed E-state index contributed by atoms with van der Waals surface area (Å²) in [5, 5.41) is 2.26. The number of aromatic nitrogens is 1. The van der Waals surface area contributed by atoms with E-state index in [0.717, 1.165) is 12.3 Å². The Balaban J connectivity index is 2.59. The summed E-state index contributed by atoms with van der Waals surface area (Å²) in [6.07, 6.45) is -1.29. The summed E-state index contributed by atoms with van der Waals surface area (Å²) in [5.41, 5.74) is -1.00. The Bertz CT molecular complexity index is 499. The van der Waals surface area contributed by atoms with Crippen LogP contribution in [0, 0.1) is 0 Å². The number of alkyl carbamates (subject to hydrolysis) is 1. The predicted molar refractivity (Wildman–Crippen MR) is 67.8 cm³/mol. The maximum atomic E-state index is 12.5. The van der Waals surface area contributed by atoms with Gasteiger partial charge in [-0.15, -0.1) is 0 Å². The van der Waals surface area contributed by atoms with Crippen molar-refractivity contribution in [1.82, 2.24) is 10.3 Å². The summed E-state index contributed by atoms with van der Waals surface area (Å²) < 4.78 is 29.9. The Hall–Kier alpha value is -2.05. The largest absolute Gasteiger partial charge is 0.444 e. The number of hydrogen-bond acceptors (Lipinski definition) is 4. The van der Waals surface area contributed by atoms with E-state index < -0.39 is 23.9 Å². The van der Waals surface area contributed by atoms with Gasteiger partial charge >= 0.3 is 6.09 Å². The fraction of sp³-hybridized carbons (Fsp3) is 0.462. The minimum atomic E-state index is -2.70. The van der Waals surface area contributed by atoms with Crippen molar-refractivity contribution in [2.75, 3.05) is 6.54 Å². The topological polar surface area (TPSA) is 68.3 Å². The third-order valence-corrected chi connectivity index (χ3v) is 2.13. The van der Waals surface area contributed by atoms with Crippen LogP contribution >= 0.6 is 0 Å². The maximum Gasteiger partial charge on any atom is 0.408 e. The van der Waals surface area contributed by atoms with E-state index in [1.807, 2.05) is 0 Å². The van der Waals surface area contributed by atoms with Crippen LogP contribution in [0.4, 0.5) is 13.6 Å². The summed E-state index contributed by atoms with van der Waals surface area (Å²) in [6, 6.07) is 1.05. The first kappa shape index (κ1) is 16.0. The number of ether oxygens (including phenoxy) is 1. The second kappa shape index (κ2) is 6.40. The SMILES string of the molecule is CC(C)(C)OC(=O)NCC(=O)c1cncc(C(F)F)c1. The lowest BCUT2D eigenvalue weighted by Gasteiger charge is -2.19. The molecule has 0 saturated carbocycles. The molecule has 1 heterocycles. The molecule has 0 aromatic carbocycles. The van der Waals surface area contributed by atoms with E-state index >= 15 is 0 Å². The van der Waals surface area contributed by atoms with E-state index in [2.05, 4.69) is 10.3 Å². The first-order valence-corrected chi connectivity index (χ1v) is 5.92. The lowest BCUT2D eigenvalue weighted by atomic mass is 10.1. The zero-order valence-corrected chi connectivity index (χ0v) is 11.4. The third kappa shape index (κ3) is 5.29. The molecular weight excluding hydrogens is 270 g/mol. The molecule has 0 saturated heterocycles. The summed E-state index contributed by atoms with van der Waals surface area (Å²) in [7, 11) is 0. The number of nitrogens with one attached hydrogen (secondary N) is 1.